The van der Waals surface area contributed by atoms with Crippen molar-refractivity contribution in [3.63, 3.8) is 0 Å². The third-order valence-corrected chi connectivity index (χ3v) is 2.68. The third kappa shape index (κ3) is 1.89. The average molecular weight is 198 g/mol. The summed E-state index contributed by atoms with van der Waals surface area (Å²) in [6.07, 6.45) is -2.55. The predicted molar refractivity (Wildman–Crippen MR) is 42.3 cm³/mol. The molecule has 0 spiro atoms. The molecular formula is C6H6ClF2NS. The molecule has 0 aliphatic rings. The first-order valence-corrected chi connectivity index (χ1v) is 4.15. The molecule has 5 heteroatoms. The quantitative estimate of drug-likeness (QED) is 0.775. The van der Waals surface area contributed by atoms with Crippen molar-refractivity contribution in [2.45, 2.75) is 12.5 Å². The SMILES string of the molecule is N[C@H](c1sccc1Cl)C(F)F. The monoisotopic (exact) mass is 197 g/mol. The van der Waals surface area contributed by atoms with Gasteiger partial charge in [0.05, 0.1) is 5.02 Å². The fraction of sp³-hybridized carbons (Fsp3) is 0.333. The third-order valence-electron chi connectivity index (χ3n) is 1.22. The molecule has 1 nitrogen and oxygen atoms in total. The first kappa shape index (κ1) is 8.90. The van der Waals surface area contributed by atoms with E-state index in [2.05, 4.69) is 0 Å². The Morgan fingerprint density at radius 3 is 2.55 bits per heavy atom. The van der Waals surface area contributed by atoms with Crippen LogP contribution in [0, 0.1) is 0 Å². The minimum absolute atomic E-state index is 0.322. The maximum atomic E-state index is 12.0. The van der Waals surface area contributed by atoms with Crippen LogP contribution in [0.15, 0.2) is 11.4 Å². The lowest BCUT2D eigenvalue weighted by Gasteiger charge is -2.07. The minimum Gasteiger partial charge on any atom is -0.319 e. The Bertz CT molecular complexity index is 238. The summed E-state index contributed by atoms with van der Waals surface area (Å²) in [5.41, 5.74) is 5.16. The van der Waals surface area contributed by atoms with Gasteiger partial charge in [0, 0.05) is 4.88 Å². The number of nitrogens with two attached hydrogens (primary N) is 1. The molecule has 0 saturated heterocycles. The van der Waals surface area contributed by atoms with Crippen LogP contribution in [0.5, 0.6) is 0 Å². The van der Waals surface area contributed by atoms with E-state index in [1.807, 2.05) is 0 Å². The summed E-state index contributed by atoms with van der Waals surface area (Å²) in [7, 11) is 0. The van der Waals surface area contributed by atoms with Gasteiger partial charge in [0.25, 0.3) is 6.43 Å². The molecule has 0 unspecified atom stereocenters. The molecular weight excluding hydrogens is 192 g/mol. The first-order valence-electron chi connectivity index (χ1n) is 2.89. The number of alkyl halides is 2. The lowest BCUT2D eigenvalue weighted by Crippen LogP contribution is -2.17. The summed E-state index contributed by atoms with van der Waals surface area (Å²) in [6.45, 7) is 0. The zero-order valence-electron chi connectivity index (χ0n) is 5.43. The van der Waals surface area contributed by atoms with E-state index >= 15 is 0 Å². The molecule has 0 amide bonds. The van der Waals surface area contributed by atoms with Gasteiger partial charge in [-0.05, 0) is 11.4 Å². The van der Waals surface area contributed by atoms with Crippen LogP contribution in [0.25, 0.3) is 0 Å². The molecule has 62 valence electrons. The van der Waals surface area contributed by atoms with Crippen molar-refractivity contribution in [2.24, 2.45) is 5.73 Å². The van der Waals surface area contributed by atoms with Crippen LogP contribution in [-0.2, 0) is 0 Å². The largest absolute Gasteiger partial charge is 0.319 e. The second-order valence-electron chi connectivity index (χ2n) is 1.99. The van der Waals surface area contributed by atoms with Crippen LogP contribution in [0.4, 0.5) is 8.78 Å². The molecule has 0 bridgehead atoms. The molecule has 0 fully saturated rings. The van der Waals surface area contributed by atoms with Gasteiger partial charge in [0.1, 0.15) is 6.04 Å². The van der Waals surface area contributed by atoms with E-state index in [0.29, 0.717) is 9.90 Å². The van der Waals surface area contributed by atoms with Crippen molar-refractivity contribution in [2.75, 3.05) is 0 Å². The van der Waals surface area contributed by atoms with Gasteiger partial charge in [-0.3, -0.25) is 0 Å². The van der Waals surface area contributed by atoms with Gasteiger partial charge in [0.2, 0.25) is 0 Å². The van der Waals surface area contributed by atoms with Crippen LogP contribution in [0.3, 0.4) is 0 Å². The van der Waals surface area contributed by atoms with Crippen molar-refractivity contribution < 1.29 is 8.78 Å². The zero-order valence-corrected chi connectivity index (χ0v) is 7.00. The number of rotatable bonds is 2. The van der Waals surface area contributed by atoms with Gasteiger partial charge in [-0.15, -0.1) is 11.3 Å². The fourth-order valence-electron chi connectivity index (χ4n) is 0.658. The molecule has 1 rings (SSSR count). The molecule has 0 saturated carbocycles. The van der Waals surface area contributed by atoms with E-state index in [0.717, 1.165) is 11.3 Å². The van der Waals surface area contributed by atoms with E-state index in [1.54, 1.807) is 11.4 Å². The summed E-state index contributed by atoms with van der Waals surface area (Å²) in [5, 5.41) is 1.96. The second-order valence-corrected chi connectivity index (χ2v) is 3.35. The van der Waals surface area contributed by atoms with Crippen molar-refractivity contribution in [1.82, 2.24) is 0 Å². The summed E-state index contributed by atoms with van der Waals surface area (Å²) >= 11 is 6.72. The highest BCUT2D eigenvalue weighted by molar-refractivity contribution is 7.10. The summed E-state index contributed by atoms with van der Waals surface area (Å²) < 4.78 is 24.0. The van der Waals surface area contributed by atoms with E-state index in [1.165, 1.54) is 0 Å². The lowest BCUT2D eigenvalue weighted by molar-refractivity contribution is 0.118. The topological polar surface area (TPSA) is 26.0 Å². The van der Waals surface area contributed by atoms with Gasteiger partial charge in [0.15, 0.2) is 0 Å². The van der Waals surface area contributed by atoms with Crippen molar-refractivity contribution in [3.8, 4) is 0 Å². The van der Waals surface area contributed by atoms with Crippen LogP contribution in [0.1, 0.15) is 10.9 Å². The number of hydrogen-bond acceptors (Lipinski definition) is 2. The molecule has 1 heterocycles. The van der Waals surface area contributed by atoms with Crippen molar-refractivity contribution in [1.29, 1.82) is 0 Å². The molecule has 1 aromatic rings. The molecule has 11 heavy (non-hydrogen) atoms. The van der Waals surface area contributed by atoms with Crippen LogP contribution >= 0.6 is 22.9 Å². The highest BCUT2D eigenvalue weighted by atomic mass is 35.5. The molecule has 1 atom stereocenters. The van der Waals surface area contributed by atoms with Crippen molar-refractivity contribution >= 4 is 22.9 Å². The molecule has 1 aromatic heterocycles. The average Bonchev–Trinajstić information content (AvgIpc) is 2.33. The second kappa shape index (κ2) is 3.47. The highest BCUT2D eigenvalue weighted by Gasteiger charge is 2.20. The fourth-order valence-corrected chi connectivity index (χ4v) is 1.85. The Hall–Kier alpha value is -0.190. The predicted octanol–water partition coefficient (Wildman–Crippen LogP) is 2.67. The van der Waals surface area contributed by atoms with Gasteiger partial charge >= 0.3 is 0 Å². The lowest BCUT2D eigenvalue weighted by atomic mass is 10.3. The molecule has 0 radical (unpaired) electrons. The van der Waals surface area contributed by atoms with E-state index in [4.69, 9.17) is 17.3 Å². The molecule has 0 aromatic carbocycles. The Kier molecular flexibility index (Phi) is 2.81. The van der Waals surface area contributed by atoms with Crippen LogP contribution in [0.2, 0.25) is 5.02 Å². The molecule has 0 aliphatic heterocycles. The van der Waals surface area contributed by atoms with E-state index in [-0.39, 0.29) is 0 Å². The van der Waals surface area contributed by atoms with Crippen LogP contribution in [-0.4, -0.2) is 6.43 Å². The zero-order chi connectivity index (χ0) is 8.43. The number of thiophene rings is 1. The number of halogens is 3. The Morgan fingerprint density at radius 1 is 1.55 bits per heavy atom. The Morgan fingerprint density at radius 2 is 2.18 bits per heavy atom. The standard InChI is InChI=1S/C6H6ClF2NS/c7-3-1-2-11-5(3)4(10)6(8)9/h1-2,4,6H,10H2/t4-/m1/s1. The highest BCUT2D eigenvalue weighted by Crippen LogP contribution is 2.30. The van der Waals surface area contributed by atoms with Gasteiger partial charge in [-0.25, -0.2) is 8.78 Å². The van der Waals surface area contributed by atoms with Gasteiger partial charge in [-0.2, -0.15) is 0 Å². The molecule has 2 N–H and O–H groups in total. The normalized spacial score (nSPS) is 13.9. The van der Waals surface area contributed by atoms with Crippen LogP contribution < -0.4 is 5.73 Å². The van der Waals surface area contributed by atoms with Gasteiger partial charge in [-0.1, -0.05) is 11.6 Å². The first-order chi connectivity index (χ1) is 5.13. The molecule has 0 aliphatic carbocycles. The summed E-state index contributed by atoms with van der Waals surface area (Å²) in [4.78, 5) is 0.349. The smallest absolute Gasteiger partial charge is 0.258 e. The Labute approximate surface area is 71.8 Å². The summed E-state index contributed by atoms with van der Waals surface area (Å²) in [5.74, 6) is 0. The minimum atomic E-state index is -2.55. The van der Waals surface area contributed by atoms with E-state index < -0.39 is 12.5 Å². The summed E-state index contributed by atoms with van der Waals surface area (Å²) in [6, 6.07) is 0.312. The Balaban J connectivity index is 2.84. The van der Waals surface area contributed by atoms with Crippen molar-refractivity contribution in [3.05, 3.63) is 21.3 Å². The van der Waals surface area contributed by atoms with Gasteiger partial charge < -0.3 is 5.73 Å². The number of hydrogen-bond donors (Lipinski definition) is 1. The maximum absolute atomic E-state index is 12.0. The van der Waals surface area contributed by atoms with E-state index in [9.17, 15) is 8.78 Å². The maximum Gasteiger partial charge on any atom is 0.258 e.